The van der Waals surface area contributed by atoms with Crippen molar-refractivity contribution in [1.82, 2.24) is 5.32 Å². The zero-order valence-corrected chi connectivity index (χ0v) is 10.7. The van der Waals surface area contributed by atoms with E-state index in [2.05, 4.69) is 33.7 Å². The molecule has 1 saturated heterocycles. The van der Waals surface area contributed by atoms with Gasteiger partial charge in [-0.3, -0.25) is 4.79 Å². The average Bonchev–Trinajstić information content (AvgIpc) is 2.82. The molecule has 0 radical (unpaired) electrons. The average molecular weight is 259 g/mol. The highest BCUT2D eigenvalue weighted by molar-refractivity contribution is 8.15. The van der Waals surface area contributed by atoms with Gasteiger partial charge in [-0.25, -0.2) is 0 Å². The van der Waals surface area contributed by atoms with Crippen LogP contribution in [0.2, 0.25) is 0 Å². The Bertz CT molecular complexity index is 551. The number of amides is 1. The van der Waals surface area contributed by atoms with Crippen LogP contribution in [0.3, 0.4) is 0 Å². The molecule has 1 aliphatic heterocycles. The highest BCUT2D eigenvalue weighted by Gasteiger charge is 2.17. The number of hydrogen-bond donors (Lipinski definition) is 1. The van der Waals surface area contributed by atoms with Crippen LogP contribution in [0.1, 0.15) is 24.0 Å². The minimum absolute atomic E-state index is 0.00277. The number of carbonyl (C=O) groups excluding carboxylic acids is 1. The minimum Gasteiger partial charge on any atom is -0.303 e. The Morgan fingerprint density at radius 3 is 2.89 bits per heavy atom. The van der Waals surface area contributed by atoms with E-state index >= 15 is 0 Å². The van der Waals surface area contributed by atoms with Crippen LogP contribution in [0.5, 0.6) is 0 Å². The van der Waals surface area contributed by atoms with Crippen LogP contribution >= 0.6 is 11.8 Å². The topological polar surface area (TPSA) is 53.8 Å². The van der Waals surface area contributed by atoms with Crippen LogP contribution in [0.4, 0.5) is 0 Å². The SMILES string of the molecule is O=C1CS/C(=N/N=C2\CCCc3ccccc32)N1. The molecular formula is C13H13N3OS. The molecule has 0 bridgehead atoms. The minimum atomic E-state index is 0.00277. The molecule has 1 N–H and O–H groups in total. The van der Waals surface area contributed by atoms with E-state index in [0.717, 1.165) is 25.0 Å². The molecule has 5 heteroatoms. The lowest BCUT2D eigenvalue weighted by Gasteiger charge is -2.16. The normalized spacial score (nSPS) is 23.2. The van der Waals surface area contributed by atoms with Crippen molar-refractivity contribution in [2.75, 3.05) is 5.75 Å². The molecule has 92 valence electrons. The van der Waals surface area contributed by atoms with Gasteiger partial charge in [0, 0.05) is 5.56 Å². The summed E-state index contributed by atoms with van der Waals surface area (Å²) in [5.41, 5.74) is 3.55. The fourth-order valence-corrected chi connectivity index (χ4v) is 2.81. The van der Waals surface area contributed by atoms with Crippen molar-refractivity contribution in [3.63, 3.8) is 0 Å². The van der Waals surface area contributed by atoms with Crippen molar-refractivity contribution in [2.45, 2.75) is 19.3 Å². The van der Waals surface area contributed by atoms with E-state index in [1.54, 1.807) is 0 Å². The van der Waals surface area contributed by atoms with Gasteiger partial charge < -0.3 is 5.32 Å². The summed E-state index contributed by atoms with van der Waals surface area (Å²) in [7, 11) is 0. The second kappa shape index (κ2) is 4.94. The maximum Gasteiger partial charge on any atom is 0.236 e. The summed E-state index contributed by atoms with van der Waals surface area (Å²) in [5.74, 6) is 0.447. The lowest BCUT2D eigenvalue weighted by Crippen LogP contribution is -2.20. The first-order chi connectivity index (χ1) is 8.83. The van der Waals surface area contributed by atoms with E-state index in [1.165, 1.54) is 22.9 Å². The zero-order valence-electron chi connectivity index (χ0n) is 9.85. The highest BCUT2D eigenvalue weighted by Crippen LogP contribution is 2.21. The standard InChI is InChI=1S/C13H13N3OS/c17-12-8-18-13(14-12)16-15-11-7-3-5-9-4-1-2-6-10(9)11/h1-2,4,6H,3,5,7-8H2,(H,14,16,17)/b15-11+. The van der Waals surface area contributed by atoms with Crippen LogP contribution in [-0.4, -0.2) is 22.5 Å². The van der Waals surface area contributed by atoms with E-state index in [1.807, 2.05) is 6.07 Å². The summed E-state index contributed by atoms with van der Waals surface area (Å²) in [6, 6.07) is 8.32. The summed E-state index contributed by atoms with van der Waals surface area (Å²) in [4.78, 5) is 11.0. The Hall–Kier alpha value is -1.62. The molecule has 1 fully saturated rings. The van der Waals surface area contributed by atoms with Gasteiger partial charge in [0.2, 0.25) is 5.91 Å². The molecule has 18 heavy (non-hydrogen) atoms. The third-order valence-corrected chi connectivity index (χ3v) is 3.90. The molecule has 4 nitrogen and oxygen atoms in total. The molecule has 0 unspecified atom stereocenters. The maximum atomic E-state index is 11.0. The first-order valence-electron chi connectivity index (χ1n) is 5.98. The molecule has 0 aromatic heterocycles. The van der Waals surface area contributed by atoms with Gasteiger partial charge in [-0.05, 0) is 24.8 Å². The monoisotopic (exact) mass is 259 g/mol. The van der Waals surface area contributed by atoms with Crippen molar-refractivity contribution < 1.29 is 4.79 Å². The van der Waals surface area contributed by atoms with Crippen LogP contribution in [-0.2, 0) is 11.2 Å². The van der Waals surface area contributed by atoms with Gasteiger partial charge in [-0.1, -0.05) is 36.0 Å². The summed E-state index contributed by atoms with van der Waals surface area (Å²) in [5, 5.41) is 11.7. The second-order valence-electron chi connectivity index (χ2n) is 4.30. The molecule has 1 aromatic carbocycles. The third kappa shape index (κ3) is 2.31. The first kappa shape index (κ1) is 11.5. The van der Waals surface area contributed by atoms with Gasteiger partial charge in [0.15, 0.2) is 5.17 Å². The molecule has 1 amide bonds. The fourth-order valence-electron chi connectivity index (χ4n) is 2.19. The van der Waals surface area contributed by atoms with Gasteiger partial charge >= 0.3 is 0 Å². The molecule has 0 spiro atoms. The van der Waals surface area contributed by atoms with Gasteiger partial charge in [0.25, 0.3) is 0 Å². The van der Waals surface area contributed by atoms with E-state index in [9.17, 15) is 4.79 Å². The number of amidine groups is 1. The van der Waals surface area contributed by atoms with Crippen LogP contribution in [0, 0.1) is 0 Å². The molecular weight excluding hydrogens is 246 g/mol. The Balaban J connectivity index is 1.87. The Labute approximate surface area is 110 Å². The van der Waals surface area contributed by atoms with E-state index in [4.69, 9.17) is 0 Å². The largest absolute Gasteiger partial charge is 0.303 e. The Morgan fingerprint density at radius 2 is 2.06 bits per heavy atom. The quantitative estimate of drug-likeness (QED) is 0.784. The van der Waals surface area contributed by atoms with Crippen LogP contribution in [0.25, 0.3) is 0 Å². The first-order valence-corrected chi connectivity index (χ1v) is 6.97. The van der Waals surface area contributed by atoms with Crippen molar-refractivity contribution in [3.05, 3.63) is 35.4 Å². The number of thioether (sulfide) groups is 1. The molecule has 1 heterocycles. The second-order valence-corrected chi connectivity index (χ2v) is 5.26. The summed E-state index contributed by atoms with van der Waals surface area (Å²) < 4.78 is 0. The highest BCUT2D eigenvalue weighted by atomic mass is 32.2. The zero-order chi connectivity index (χ0) is 12.4. The summed E-state index contributed by atoms with van der Waals surface area (Å²) >= 11 is 1.40. The molecule has 3 rings (SSSR count). The number of aryl methyl sites for hydroxylation is 1. The number of carbonyl (C=O) groups is 1. The van der Waals surface area contributed by atoms with E-state index in [-0.39, 0.29) is 5.91 Å². The molecule has 2 aliphatic rings. The predicted octanol–water partition coefficient (Wildman–Crippen LogP) is 1.95. The number of fused-ring (bicyclic) bond motifs is 1. The third-order valence-electron chi connectivity index (χ3n) is 3.04. The smallest absolute Gasteiger partial charge is 0.236 e. The van der Waals surface area contributed by atoms with Crippen molar-refractivity contribution in [3.8, 4) is 0 Å². The maximum absolute atomic E-state index is 11.0. The summed E-state index contributed by atoms with van der Waals surface area (Å²) in [6.45, 7) is 0. The van der Waals surface area contributed by atoms with Gasteiger partial charge in [0.1, 0.15) is 0 Å². The number of nitrogens with zero attached hydrogens (tertiary/aromatic N) is 2. The van der Waals surface area contributed by atoms with Crippen molar-refractivity contribution in [1.29, 1.82) is 0 Å². The van der Waals surface area contributed by atoms with Gasteiger partial charge in [-0.15, -0.1) is 5.10 Å². The van der Waals surface area contributed by atoms with E-state index in [0.29, 0.717) is 10.9 Å². The lowest BCUT2D eigenvalue weighted by atomic mass is 9.90. The van der Waals surface area contributed by atoms with Crippen LogP contribution in [0.15, 0.2) is 34.5 Å². The van der Waals surface area contributed by atoms with Gasteiger partial charge in [-0.2, -0.15) is 5.10 Å². The van der Waals surface area contributed by atoms with Crippen molar-refractivity contribution >= 4 is 28.5 Å². The molecule has 0 saturated carbocycles. The number of hydrogen-bond acceptors (Lipinski definition) is 4. The fraction of sp³-hybridized carbons (Fsp3) is 0.308. The molecule has 1 aliphatic carbocycles. The van der Waals surface area contributed by atoms with Crippen molar-refractivity contribution in [2.24, 2.45) is 10.2 Å². The van der Waals surface area contributed by atoms with Gasteiger partial charge in [0.05, 0.1) is 11.5 Å². The number of nitrogens with one attached hydrogen (secondary N) is 1. The predicted molar refractivity (Wildman–Crippen MR) is 74.0 cm³/mol. The Morgan fingerprint density at radius 1 is 1.17 bits per heavy atom. The lowest BCUT2D eigenvalue weighted by molar-refractivity contribution is -0.116. The van der Waals surface area contributed by atoms with Crippen LogP contribution < -0.4 is 5.32 Å². The Kier molecular flexibility index (Phi) is 3.15. The number of rotatable bonds is 1. The summed E-state index contributed by atoms with van der Waals surface area (Å²) in [6.07, 6.45) is 3.17. The molecule has 0 atom stereocenters. The number of benzene rings is 1. The van der Waals surface area contributed by atoms with E-state index < -0.39 is 0 Å². The molecule has 1 aromatic rings.